The van der Waals surface area contributed by atoms with Gasteiger partial charge in [-0.15, -0.1) is 0 Å². The van der Waals surface area contributed by atoms with Crippen molar-refractivity contribution in [1.82, 2.24) is 0 Å². The molecule has 0 radical (unpaired) electrons. The largest absolute Gasteiger partial charge is 0.507 e. The number of ketones is 2. The first-order chi connectivity index (χ1) is 15.9. The van der Waals surface area contributed by atoms with E-state index in [0.717, 1.165) is 11.1 Å². The van der Waals surface area contributed by atoms with Gasteiger partial charge in [-0.3, -0.25) is 9.59 Å². The molecule has 3 aliphatic carbocycles. The number of rotatable bonds is 4. The third kappa shape index (κ3) is 2.72. The van der Waals surface area contributed by atoms with E-state index in [1.165, 1.54) is 6.07 Å². The van der Waals surface area contributed by atoms with Crippen molar-refractivity contribution in [2.75, 3.05) is 0 Å². The summed E-state index contributed by atoms with van der Waals surface area (Å²) in [6, 6.07) is 1.20. The number of Topliss-reactive ketones (excluding diaryl/α,β-unsaturated/α-hetero) is 2. The van der Waals surface area contributed by atoms with Crippen LogP contribution in [0.1, 0.15) is 70.3 Å². The molecule has 1 aromatic rings. The second-order valence-electron chi connectivity index (χ2n) is 11.1. The van der Waals surface area contributed by atoms with Crippen molar-refractivity contribution in [2.45, 2.75) is 77.6 Å². The highest BCUT2D eigenvalue weighted by Crippen LogP contribution is 2.68. The Hall–Kier alpha value is -2.86. The smallest absolute Gasteiger partial charge is 0.200 e. The van der Waals surface area contributed by atoms with Gasteiger partial charge in [-0.1, -0.05) is 29.4 Å². The number of carbonyl (C=O) groups is 2. The van der Waals surface area contributed by atoms with Crippen molar-refractivity contribution in [2.24, 2.45) is 11.8 Å². The molecule has 1 saturated heterocycles. The van der Waals surface area contributed by atoms with Crippen LogP contribution in [0.2, 0.25) is 0 Å². The molecule has 2 fully saturated rings. The number of benzene rings is 1. The van der Waals surface area contributed by atoms with E-state index in [2.05, 4.69) is 0 Å². The summed E-state index contributed by atoms with van der Waals surface area (Å²) >= 11 is 0. The zero-order valence-electron chi connectivity index (χ0n) is 20.6. The number of hydrogen-bond acceptors (Lipinski definition) is 6. The summed E-state index contributed by atoms with van der Waals surface area (Å²) in [5, 5.41) is 21.4. The Morgan fingerprint density at radius 2 is 1.76 bits per heavy atom. The Kier molecular flexibility index (Phi) is 4.77. The van der Waals surface area contributed by atoms with Crippen molar-refractivity contribution >= 4 is 11.6 Å². The Labute approximate surface area is 200 Å². The van der Waals surface area contributed by atoms with Crippen LogP contribution >= 0.6 is 0 Å². The molecule has 1 unspecified atom stereocenters. The molecule has 0 amide bonds. The van der Waals surface area contributed by atoms with Gasteiger partial charge in [0.15, 0.2) is 22.8 Å². The SMILES string of the molecule is CC(C)=CCc1c(O)cc(O)c2c1O[C@@]13C(=C[C@@H]4CC1C(C)(C)O[C@]3(CC=C(C)C)C4=O)C2=O. The van der Waals surface area contributed by atoms with Gasteiger partial charge in [-0.05, 0) is 54.4 Å². The fourth-order valence-corrected chi connectivity index (χ4v) is 6.48. The molecule has 6 nitrogen and oxygen atoms in total. The molecular formula is C28H32O6. The minimum Gasteiger partial charge on any atom is -0.507 e. The fourth-order valence-electron chi connectivity index (χ4n) is 6.48. The van der Waals surface area contributed by atoms with Gasteiger partial charge in [0.25, 0.3) is 0 Å². The Bertz CT molecular complexity index is 1220. The van der Waals surface area contributed by atoms with Gasteiger partial charge in [-0.2, -0.15) is 0 Å². The van der Waals surface area contributed by atoms with Crippen LogP contribution in [0.3, 0.4) is 0 Å². The number of phenols is 2. The molecule has 5 aliphatic rings. The van der Waals surface area contributed by atoms with E-state index in [0.29, 0.717) is 30.4 Å². The van der Waals surface area contributed by atoms with Gasteiger partial charge < -0.3 is 19.7 Å². The van der Waals surface area contributed by atoms with Crippen LogP contribution in [0, 0.1) is 11.8 Å². The van der Waals surface area contributed by atoms with Crippen LogP contribution in [0.5, 0.6) is 17.2 Å². The summed E-state index contributed by atoms with van der Waals surface area (Å²) < 4.78 is 13.5. The summed E-state index contributed by atoms with van der Waals surface area (Å²) in [6.07, 6.45) is 6.78. The van der Waals surface area contributed by atoms with Crippen LogP contribution in [-0.2, 0) is 16.0 Å². The standard InChI is InChI=1S/C28H32O6/c1-14(2)7-8-17-19(29)13-20(30)22-23(31)18-11-16-12-21-26(5,6)34-27(25(16)32,10-9-15(3)4)28(18,21)33-24(17)22/h7,9,11,13,16,21,29-30H,8,10,12H2,1-6H3/t16-,21?,27-,28+/m1/s1. The molecule has 2 heterocycles. The number of phenolic OH excluding ortho intramolecular Hbond substituents is 2. The average Bonchev–Trinajstić information content (AvgIpc) is 2.89. The molecule has 6 heteroatoms. The third-order valence-corrected chi connectivity index (χ3v) is 7.95. The predicted molar refractivity (Wildman–Crippen MR) is 127 cm³/mol. The number of hydrogen-bond donors (Lipinski definition) is 2. The number of allylic oxidation sites excluding steroid dienone is 4. The molecule has 0 aromatic heterocycles. The maximum Gasteiger partial charge on any atom is 0.200 e. The highest BCUT2D eigenvalue weighted by Gasteiger charge is 2.81. The molecule has 4 bridgehead atoms. The number of carbonyl (C=O) groups excluding carboxylic acids is 2. The minimum absolute atomic E-state index is 0.0430. The van der Waals surface area contributed by atoms with Crippen LogP contribution in [-0.4, -0.2) is 38.6 Å². The molecule has 34 heavy (non-hydrogen) atoms. The molecule has 180 valence electrons. The molecule has 6 rings (SSSR count). The van der Waals surface area contributed by atoms with Gasteiger partial charge in [0.2, 0.25) is 0 Å². The van der Waals surface area contributed by atoms with E-state index in [1.54, 1.807) is 6.08 Å². The maximum absolute atomic E-state index is 14.0. The van der Waals surface area contributed by atoms with E-state index < -0.39 is 22.7 Å². The summed E-state index contributed by atoms with van der Waals surface area (Å²) in [5.74, 6) is -1.43. The minimum atomic E-state index is -1.35. The first-order valence-corrected chi connectivity index (χ1v) is 11.9. The number of fused-ring (bicyclic) bond motifs is 1. The Morgan fingerprint density at radius 1 is 1.09 bits per heavy atom. The van der Waals surface area contributed by atoms with E-state index in [4.69, 9.17) is 9.47 Å². The molecular weight excluding hydrogens is 432 g/mol. The molecule has 2 N–H and O–H groups in total. The molecule has 1 spiro atoms. The second-order valence-corrected chi connectivity index (χ2v) is 11.1. The van der Waals surface area contributed by atoms with E-state index in [9.17, 15) is 19.8 Å². The van der Waals surface area contributed by atoms with Gasteiger partial charge in [0.1, 0.15) is 22.8 Å². The lowest BCUT2D eigenvalue weighted by atomic mass is 9.51. The normalized spacial score (nSPS) is 31.9. The van der Waals surface area contributed by atoms with Crippen LogP contribution < -0.4 is 4.74 Å². The Morgan fingerprint density at radius 3 is 2.41 bits per heavy atom. The zero-order valence-corrected chi connectivity index (χ0v) is 20.6. The van der Waals surface area contributed by atoms with Gasteiger partial charge in [0.05, 0.1) is 5.60 Å². The predicted octanol–water partition coefficient (Wildman–Crippen LogP) is 4.97. The topological polar surface area (TPSA) is 93.1 Å². The first-order valence-electron chi connectivity index (χ1n) is 11.9. The second kappa shape index (κ2) is 7.08. The average molecular weight is 465 g/mol. The van der Waals surface area contributed by atoms with Crippen molar-refractivity contribution < 1.29 is 29.3 Å². The van der Waals surface area contributed by atoms with Gasteiger partial charge in [0, 0.05) is 35.5 Å². The molecule has 1 aromatic carbocycles. The third-order valence-electron chi connectivity index (χ3n) is 7.95. The summed E-state index contributed by atoms with van der Waals surface area (Å²) in [4.78, 5) is 27.9. The van der Waals surface area contributed by atoms with Crippen molar-refractivity contribution in [1.29, 1.82) is 0 Å². The van der Waals surface area contributed by atoms with E-state index >= 15 is 0 Å². The summed E-state index contributed by atoms with van der Waals surface area (Å²) in [6.45, 7) is 11.7. The van der Waals surface area contributed by atoms with Gasteiger partial charge in [-0.25, -0.2) is 0 Å². The lowest BCUT2D eigenvalue weighted by molar-refractivity contribution is -0.171. The van der Waals surface area contributed by atoms with E-state index in [1.807, 2.05) is 53.7 Å². The van der Waals surface area contributed by atoms with Crippen LogP contribution in [0.25, 0.3) is 0 Å². The summed E-state index contributed by atoms with van der Waals surface area (Å²) in [7, 11) is 0. The molecule has 4 atom stereocenters. The van der Waals surface area contributed by atoms with Crippen molar-refractivity contribution in [3.63, 3.8) is 0 Å². The molecule has 2 aliphatic heterocycles. The number of aromatic hydroxyl groups is 2. The van der Waals surface area contributed by atoms with Crippen LogP contribution in [0.4, 0.5) is 0 Å². The first kappa shape index (κ1) is 22.9. The van der Waals surface area contributed by atoms with E-state index in [-0.39, 0.29) is 40.3 Å². The fraction of sp³-hybridized carbons (Fsp3) is 0.500. The zero-order chi connectivity index (χ0) is 24.8. The summed E-state index contributed by atoms with van der Waals surface area (Å²) in [5.41, 5.74) is -0.450. The highest BCUT2D eigenvalue weighted by molar-refractivity contribution is 6.18. The maximum atomic E-state index is 14.0. The molecule has 1 saturated carbocycles. The lowest BCUT2D eigenvalue weighted by Gasteiger charge is -2.56. The van der Waals surface area contributed by atoms with Crippen molar-refractivity contribution in [3.05, 3.63) is 52.1 Å². The lowest BCUT2D eigenvalue weighted by Crippen LogP contribution is -2.72. The highest BCUT2D eigenvalue weighted by atomic mass is 16.6. The number of ether oxygens (including phenoxy) is 2. The van der Waals surface area contributed by atoms with Crippen LogP contribution in [0.15, 0.2) is 41.0 Å². The van der Waals surface area contributed by atoms with Gasteiger partial charge >= 0.3 is 0 Å². The quantitative estimate of drug-likeness (QED) is 0.611. The Balaban J connectivity index is 1.81. The monoisotopic (exact) mass is 464 g/mol. The van der Waals surface area contributed by atoms with Crippen molar-refractivity contribution in [3.8, 4) is 17.2 Å².